The van der Waals surface area contributed by atoms with E-state index < -0.39 is 0 Å². The van der Waals surface area contributed by atoms with Crippen molar-refractivity contribution >= 4 is 0 Å². The highest BCUT2D eigenvalue weighted by Gasteiger charge is 2.32. The highest BCUT2D eigenvalue weighted by Crippen LogP contribution is 2.27. The Balaban J connectivity index is 1.88. The smallest absolute Gasteiger partial charge is 0.157 e. The van der Waals surface area contributed by atoms with E-state index in [1.54, 1.807) is 14.2 Å². The van der Waals surface area contributed by atoms with Crippen molar-refractivity contribution in [2.45, 2.75) is 64.1 Å². The third kappa shape index (κ3) is 4.97. The van der Waals surface area contributed by atoms with E-state index in [1.807, 2.05) is 24.3 Å². The van der Waals surface area contributed by atoms with Gasteiger partial charge in [-0.25, -0.2) is 0 Å². The molecule has 0 unspecified atom stereocenters. The van der Waals surface area contributed by atoms with Gasteiger partial charge in [-0.05, 0) is 30.5 Å². The summed E-state index contributed by atoms with van der Waals surface area (Å²) in [5.74, 6) is 0.869. The van der Waals surface area contributed by atoms with E-state index in [0.29, 0.717) is 6.61 Å². The number of unbranched alkanes of at least 4 members (excludes halogenated alkanes) is 1. The predicted molar refractivity (Wildman–Crippen MR) is 86.0 cm³/mol. The van der Waals surface area contributed by atoms with E-state index in [2.05, 4.69) is 6.92 Å². The van der Waals surface area contributed by atoms with Crippen LogP contribution in [0.4, 0.5) is 0 Å². The molecule has 0 bridgehead atoms. The Bertz CT molecular complexity index is 418. The third-order valence-electron chi connectivity index (χ3n) is 4.16. The molecule has 0 aliphatic carbocycles. The summed E-state index contributed by atoms with van der Waals surface area (Å²) in [6.45, 7) is 2.81. The van der Waals surface area contributed by atoms with E-state index >= 15 is 0 Å². The molecule has 0 N–H and O–H groups in total. The summed E-state index contributed by atoms with van der Waals surface area (Å²) in [6, 6.07) is 8.02. The highest BCUT2D eigenvalue weighted by molar-refractivity contribution is 5.26. The quantitative estimate of drug-likeness (QED) is 0.693. The Hall–Kier alpha value is -1.10. The van der Waals surface area contributed by atoms with Crippen molar-refractivity contribution in [2.24, 2.45) is 0 Å². The molecule has 0 radical (unpaired) electrons. The molecule has 1 aliphatic heterocycles. The van der Waals surface area contributed by atoms with Crippen molar-refractivity contribution in [3.8, 4) is 5.75 Å². The first-order valence-corrected chi connectivity index (χ1v) is 8.19. The zero-order valence-corrected chi connectivity index (χ0v) is 13.9. The summed E-state index contributed by atoms with van der Waals surface area (Å²) < 4.78 is 22.6. The fraction of sp³-hybridized carbons (Fsp3) is 0.667. The van der Waals surface area contributed by atoms with Crippen LogP contribution in [0.2, 0.25) is 0 Å². The molecule has 1 aromatic carbocycles. The molecule has 0 aromatic heterocycles. The maximum atomic E-state index is 6.16. The number of benzene rings is 1. The molecule has 1 saturated heterocycles. The molecule has 1 fully saturated rings. The van der Waals surface area contributed by atoms with Crippen molar-refractivity contribution in [1.82, 2.24) is 0 Å². The lowest BCUT2D eigenvalue weighted by atomic mass is 10.0. The minimum absolute atomic E-state index is 0.0706. The standard InChI is InChI=1S/C18H28O4/c1-4-5-6-16(17-11-12-18(20-3)22-17)21-13-14-7-9-15(19-2)10-8-14/h7-10,16-18H,4-6,11-13H2,1-3H3/t16-,17-,18-/m0/s1. The third-order valence-corrected chi connectivity index (χ3v) is 4.16. The van der Waals surface area contributed by atoms with Crippen LogP contribution in [-0.4, -0.2) is 32.7 Å². The Morgan fingerprint density at radius 2 is 1.95 bits per heavy atom. The van der Waals surface area contributed by atoms with Crippen LogP contribution in [0.25, 0.3) is 0 Å². The van der Waals surface area contributed by atoms with Crippen LogP contribution in [0.5, 0.6) is 5.75 Å². The number of hydrogen-bond acceptors (Lipinski definition) is 4. The van der Waals surface area contributed by atoms with E-state index in [1.165, 1.54) is 6.42 Å². The second kappa shape index (κ2) is 9.13. The first-order chi connectivity index (χ1) is 10.8. The van der Waals surface area contributed by atoms with Gasteiger partial charge in [-0.15, -0.1) is 0 Å². The van der Waals surface area contributed by atoms with Gasteiger partial charge in [-0.2, -0.15) is 0 Å². The van der Waals surface area contributed by atoms with Gasteiger partial charge in [0, 0.05) is 13.5 Å². The number of ether oxygens (including phenoxy) is 4. The maximum absolute atomic E-state index is 6.16. The zero-order valence-electron chi connectivity index (χ0n) is 13.9. The Labute approximate surface area is 133 Å². The van der Waals surface area contributed by atoms with E-state index in [0.717, 1.165) is 37.0 Å². The van der Waals surface area contributed by atoms with Crippen molar-refractivity contribution in [3.05, 3.63) is 29.8 Å². The summed E-state index contributed by atoms with van der Waals surface area (Å²) in [7, 11) is 3.38. The molecule has 22 heavy (non-hydrogen) atoms. The van der Waals surface area contributed by atoms with Gasteiger partial charge in [-0.1, -0.05) is 31.9 Å². The molecule has 4 nitrogen and oxygen atoms in total. The van der Waals surface area contributed by atoms with Crippen LogP contribution < -0.4 is 4.74 Å². The van der Waals surface area contributed by atoms with E-state index in [9.17, 15) is 0 Å². The molecule has 0 amide bonds. The molecule has 1 heterocycles. The van der Waals surface area contributed by atoms with Gasteiger partial charge < -0.3 is 18.9 Å². The molecule has 124 valence electrons. The van der Waals surface area contributed by atoms with Crippen molar-refractivity contribution in [1.29, 1.82) is 0 Å². The molecule has 1 aliphatic rings. The van der Waals surface area contributed by atoms with Gasteiger partial charge in [-0.3, -0.25) is 0 Å². The normalized spacial score (nSPS) is 22.7. The molecule has 4 heteroatoms. The van der Waals surface area contributed by atoms with Crippen LogP contribution in [0, 0.1) is 0 Å². The maximum Gasteiger partial charge on any atom is 0.157 e. The molecule has 0 saturated carbocycles. The second-order valence-electron chi connectivity index (χ2n) is 5.76. The van der Waals surface area contributed by atoms with Crippen LogP contribution in [-0.2, 0) is 20.8 Å². The Kier molecular flexibility index (Phi) is 7.16. The van der Waals surface area contributed by atoms with Gasteiger partial charge in [0.1, 0.15) is 5.75 Å². The number of hydrogen-bond donors (Lipinski definition) is 0. The first kappa shape index (κ1) is 17.3. The predicted octanol–water partition coefficient (Wildman–Crippen LogP) is 3.92. The summed E-state index contributed by atoms with van der Waals surface area (Å²) in [5, 5.41) is 0. The number of rotatable bonds is 9. The highest BCUT2D eigenvalue weighted by atomic mass is 16.7. The fourth-order valence-corrected chi connectivity index (χ4v) is 2.79. The summed E-state index contributed by atoms with van der Waals surface area (Å²) in [5.41, 5.74) is 1.16. The lowest BCUT2D eigenvalue weighted by molar-refractivity contribution is -0.152. The van der Waals surface area contributed by atoms with Crippen molar-refractivity contribution in [2.75, 3.05) is 14.2 Å². The zero-order chi connectivity index (χ0) is 15.8. The topological polar surface area (TPSA) is 36.9 Å². The largest absolute Gasteiger partial charge is 0.497 e. The average molecular weight is 308 g/mol. The fourth-order valence-electron chi connectivity index (χ4n) is 2.79. The molecule has 2 rings (SSSR count). The van der Waals surface area contributed by atoms with Crippen LogP contribution in [0.1, 0.15) is 44.6 Å². The first-order valence-electron chi connectivity index (χ1n) is 8.19. The van der Waals surface area contributed by atoms with E-state index in [4.69, 9.17) is 18.9 Å². The SMILES string of the molecule is CCCC[C@H](OCc1ccc(OC)cc1)[C@@H]1CC[C@@H](OC)O1. The summed E-state index contributed by atoms with van der Waals surface area (Å²) in [4.78, 5) is 0. The van der Waals surface area contributed by atoms with E-state index in [-0.39, 0.29) is 18.5 Å². The van der Waals surface area contributed by atoms with Crippen LogP contribution in [0.3, 0.4) is 0 Å². The Morgan fingerprint density at radius 1 is 1.18 bits per heavy atom. The Morgan fingerprint density at radius 3 is 2.55 bits per heavy atom. The van der Waals surface area contributed by atoms with Crippen LogP contribution >= 0.6 is 0 Å². The van der Waals surface area contributed by atoms with Gasteiger partial charge in [0.2, 0.25) is 0 Å². The van der Waals surface area contributed by atoms with Gasteiger partial charge >= 0.3 is 0 Å². The molecular weight excluding hydrogens is 280 g/mol. The molecular formula is C18H28O4. The molecule has 1 aromatic rings. The minimum atomic E-state index is -0.0706. The average Bonchev–Trinajstić information content (AvgIpc) is 3.04. The minimum Gasteiger partial charge on any atom is -0.497 e. The summed E-state index contributed by atoms with van der Waals surface area (Å²) >= 11 is 0. The summed E-state index contributed by atoms with van der Waals surface area (Å²) in [6.07, 6.45) is 5.54. The van der Waals surface area contributed by atoms with Gasteiger partial charge in [0.15, 0.2) is 6.29 Å². The van der Waals surface area contributed by atoms with Crippen LogP contribution in [0.15, 0.2) is 24.3 Å². The molecule has 3 atom stereocenters. The lowest BCUT2D eigenvalue weighted by Crippen LogP contribution is -2.29. The van der Waals surface area contributed by atoms with Gasteiger partial charge in [0.25, 0.3) is 0 Å². The van der Waals surface area contributed by atoms with Crippen molar-refractivity contribution < 1.29 is 18.9 Å². The second-order valence-corrected chi connectivity index (χ2v) is 5.76. The van der Waals surface area contributed by atoms with Crippen molar-refractivity contribution in [3.63, 3.8) is 0 Å². The monoisotopic (exact) mass is 308 g/mol. The molecule has 0 spiro atoms. The van der Waals surface area contributed by atoms with Gasteiger partial charge in [0.05, 0.1) is 25.9 Å². The number of methoxy groups -OCH3 is 2. The lowest BCUT2D eigenvalue weighted by Gasteiger charge is -2.24.